The Hall–Kier alpha value is -1.10. The summed E-state index contributed by atoms with van der Waals surface area (Å²) in [6.07, 6.45) is 4.39. The van der Waals surface area contributed by atoms with E-state index < -0.39 is 0 Å². The highest BCUT2D eigenvalue weighted by atomic mass is 16.2. The van der Waals surface area contributed by atoms with Crippen molar-refractivity contribution in [3.05, 3.63) is 0 Å². The van der Waals surface area contributed by atoms with Gasteiger partial charge < -0.3 is 15.5 Å². The van der Waals surface area contributed by atoms with Crippen LogP contribution in [0.15, 0.2) is 0 Å². The van der Waals surface area contributed by atoms with Gasteiger partial charge in [0, 0.05) is 32.6 Å². The average molecular weight is 281 g/mol. The van der Waals surface area contributed by atoms with Crippen LogP contribution in [0, 0.1) is 11.8 Å². The van der Waals surface area contributed by atoms with Gasteiger partial charge in [-0.3, -0.25) is 9.59 Å². The van der Waals surface area contributed by atoms with E-state index in [4.69, 9.17) is 5.73 Å². The first-order chi connectivity index (χ1) is 9.40. The molecule has 2 aliphatic rings. The predicted molar refractivity (Wildman–Crippen MR) is 77.9 cm³/mol. The fourth-order valence-electron chi connectivity index (χ4n) is 3.68. The molecule has 2 fully saturated rings. The summed E-state index contributed by atoms with van der Waals surface area (Å²) >= 11 is 0. The van der Waals surface area contributed by atoms with Gasteiger partial charge in [0.15, 0.2) is 0 Å². The Balaban J connectivity index is 2.05. The number of likely N-dealkylation sites (tertiary alicyclic amines) is 1. The minimum Gasteiger partial charge on any atom is -0.347 e. The number of hydrogen-bond acceptors (Lipinski definition) is 3. The Labute approximate surface area is 121 Å². The fourth-order valence-corrected chi connectivity index (χ4v) is 3.68. The molecule has 4 unspecified atom stereocenters. The molecule has 0 aromatic carbocycles. The molecule has 2 rings (SSSR count). The maximum atomic E-state index is 12.7. The van der Waals surface area contributed by atoms with Gasteiger partial charge in [-0.15, -0.1) is 0 Å². The quantitative estimate of drug-likeness (QED) is 0.815. The van der Waals surface area contributed by atoms with Crippen LogP contribution in [0.2, 0.25) is 0 Å². The normalized spacial score (nSPS) is 34.1. The van der Waals surface area contributed by atoms with Crippen molar-refractivity contribution in [1.29, 1.82) is 0 Å². The van der Waals surface area contributed by atoms with Crippen molar-refractivity contribution < 1.29 is 9.59 Å². The highest BCUT2D eigenvalue weighted by molar-refractivity contribution is 5.89. The standard InChI is InChI=1S/C15H27N3O2/c1-10-7-11(9-12(16)8-10)14(19)18-6-4-5-13(18)15(20)17(2)3/h10-13H,4-9,16H2,1-3H3. The summed E-state index contributed by atoms with van der Waals surface area (Å²) in [6, 6.07) is -0.135. The van der Waals surface area contributed by atoms with Gasteiger partial charge in [-0.25, -0.2) is 0 Å². The summed E-state index contributed by atoms with van der Waals surface area (Å²) in [6.45, 7) is 2.87. The molecule has 0 radical (unpaired) electrons. The Kier molecular flexibility index (Phi) is 4.68. The second-order valence-electron chi connectivity index (χ2n) is 6.69. The van der Waals surface area contributed by atoms with Crippen molar-refractivity contribution in [3.63, 3.8) is 0 Å². The van der Waals surface area contributed by atoms with Crippen LogP contribution in [0.4, 0.5) is 0 Å². The molecule has 2 N–H and O–H groups in total. The van der Waals surface area contributed by atoms with Gasteiger partial charge >= 0.3 is 0 Å². The number of nitrogens with two attached hydrogens (primary N) is 1. The van der Waals surface area contributed by atoms with Crippen molar-refractivity contribution in [3.8, 4) is 0 Å². The van der Waals surface area contributed by atoms with Gasteiger partial charge in [0.25, 0.3) is 0 Å². The first kappa shape index (κ1) is 15.3. The third-order valence-electron chi connectivity index (χ3n) is 4.59. The minimum atomic E-state index is -0.258. The maximum Gasteiger partial charge on any atom is 0.244 e. The fraction of sp³-hybridized carbons (Fsp3) is 0.867. The smallest absolute Gasteiger partial charge is 0.244 e. The third-order valence-corrected chi connectivity index (χ3v) is 4.59. The molecular weight excluding hydrogens is 254 g/mol. The number of carbonyl (C=O) groups is 2. The lowest BCUT2D eigenvalue weighted by atomic mass is 9.79. The summed E-state index contributed by atoms with van der Waals surface area (Å²) in [4.78, 5) is 28.3. The van der Waals surface area contributed by atoms with Crippen LogP contribution in [-0.4, -0.2) is 54.3 Å². The Morgan fingerprint density at radius 2 is 1.90 bits per heavy atom. The van der Waals surface area contributed by atoms with E-state index >= 15 is 0 Å². The van der Waals surface area contributed by atoms with Gasteiger partial charge in [-0.2, -0.15) is 0 Å². The summed E-state index contributed by atoms with van der Waals surface area (Å²) < 4.78 is 0. The molecular formula is C15H27N3O2. The number of likely N-dealkylation sites (N-methyl/N-ethyl adjacent to an activating group) is 1. The van der Waals surface area contributed by atoms with Crippen molar-refractivity contribution in [2.75, 3.05) is 20.6 Å². The van der Waals surface area contributed by atoms with Crippen molar-refractivity contribution in [2.24, 2.45) is 17.6 Å². The molecule has 0 aromatic heterocycles. The Morgan fingerprint density at radius 1 is 1.20 bits per heavy atom. The monoisotopic (exact) mass is 281 g/mol. The van der Waals surface area contributed by atoms with E-state index in [1.807, 2.05) is 0 Å². The van der Waals surface area contributed by atoms with Crippen LogP contribution in [0.5, 0.6) is 0 Å². The van der Waals surface area contributed by atoms with E-state index in [9.17, 15) is 9.59 Å². The number of rotatable bonds is 2. The highest BCUT2D eigenvalue weighted by Gasteiger charge is 2.39. The molecule has 4 atom stereocenters. The minimum absolute atomic E-state index is 0.00399. The lowest BCUT2D eigenvalue weighted by molar-refractivity contribution is -0.145. The lowest BCUT2D eigenvalue weighted by Crippen LogP contribution is -2.49. The first-order valence-electron chi connectivity index (χ1n) is 7.67. The van der Waals surface area contributed by atoms with Crippen molar-refractivity contribution in [2.45, 2.75) is 51.1 Å². The molecule has 1 aliphatic carbocycles. The maximum absolute atomic E-state index is 12.7. The van der Waals surface area contributed by atoms with Crippen LogP contribution in [0.1, 0.15) is 39.0 Å². The summed E-state index contributed by atoms with van der Waals surface area (Å²) in [5.74, 6) is 0.691. The molecule has 0 bridgehead atoms. The summed E-state index contributed by atoms with van der Waals surface area (Å²) in [7, 11) is 3.50. The van der Waals surface area contributed by atoms with Gasteiger partial charge in [0.1, 0.15) is 6.04 Å². The highest BCUT2D eigenvalue weighted by Crippen LogP contribution is 2.31. The van der Waals surface area contributed by atoms with Gasteiger partial charge in [-0.1, -0.05) is 6.92 Å². The topological polar surface area (TPSA) is 66.6 Å². The van der Waals surface area contributed by atoms with E-state index in [1.165, 1.54) is 0 Å². The molecule has 20 heavy (non-hydrogen) atoms. The molecule has 1 saturated heterocycles. The average Bonchev–Trinajstić information content (AvgIpc) is 2.84. The van der Waals surface area contributed by atoms with E-state index in [-0.39, 0.29) is 29.8 Å². The number of carbonyl (C=O) groups excluding carboxylic acids is 2. The molecule has 114 valence electrons. The summed E-state index contributed by atoms with van der Waals surface area (Å²) in [5.41, 5.74) is 6.05. The molecule has 1 aliphatic heterocycles. The zero-order valence-electron chi connectivity index (χ0n) is 12.8. The van der Waals surface area contributed by atoms with Crippen LogP contribution >= 0.6 is 0 Å². The molecule has 2 amide bonds. The van der Waals surface area contributed by atoms with Crippen molar-refractivity contribution >= 4 is 11.8 Å². The Morgan fingerprint density at radius 3 is 2.50 bits per heavy atom. The molecule has 0 spiro atoms. The van der Waals surface area contributed by atoms with Crippen molar-refractivity contribution in [1.82, 2.24) is 9.80 Å². The van der Waals surface area contributed by atoms with Crippen LogP contribution in [0.3, 0.4) is 0 Å². The van der Waals surface area contributed by atoms with E-state index in [0.717, 1.165) is 32.1 Å². The van der Waals surface area contributed by atoms with Crippen LogP contribution in [-0.2, 0) is 9.59 Å². The summed E-state index contributed by atoms with van der Waals surface area (Å²) in [5, 5.41) is 0. The van der Waals surface area contributed by atoms with E-state index in [2.05, 4.69) is 6.92 Å². The van der Waals surface area contributed by atoms with Gasteiger partial charge in [-0.05, 0) is 38.0 Å². The van der Waals surface area contributed by atoms with Gasteiger partial charge in [0.2, 0.25) is 11.8 Å². The Bertz CT molecular complexity index is 373. The van der Waals surface area contributed by atoms with Crippen LogP contribution in [0.25, 0.3) is 0 Å². The van der Waals surface area contributed by atoms with Gasteiger partial charge in [0.05, 0.1) is 0 Å². The number of hydrogen-bond donors (Lipinski definition) is 1. The van der Waals surface area contributed by atoms with E-state index in [1.54, 1.807) is 23.9 Å². The predicted octanol–water partition coefficient (Wildman–Crippen LogP) is 0.829. The molecule has 1 saturated carbocycles. The zero-order chi connectivity index (χ0) is 14.9. The molecule has 0 aromatic rings. The number of amides is 2. The SMILES string of the molecule is CC1CC(N)CC(C(=O)N2CCCC2C(=O)N(C)C)C1. The molecule has 1 heterocycles. The first-order valence-corrected chi connectivity index (χ1v) is 7.67. The number of nitrogens with zero attached hydrogens (tertiary/aromatic N) is 2. The zero-order valence-corrected chi connectivity index (χ0v) is 12.8. The van der Waals surface area contributed by atoms with Crippen LogP contribution < -0.4 is 5.73 Å². The molecule has 5 nitrogen and oxygen atoms in total. The molecule has 5 heteroatoms. The van der Waals surface area contributed by atoms with E-state index in [0.29, 0.717) is 12.5 Å². The second kappa shape index (κ2) is 6.12. The third kappa shape index (κ3) is 3.14. The second-order valence-corrected chi connectivity index (χ2v) is 6.69. The largest absolute Gasteiger partial charge is 0.347 e. The lowest BCUT2D eigenvalue weighted by Gasteiger charge is -2.35.